The summed E-state index contributed by atoms with van der Waals surface area (Å²) in [6.45, 7) is 0. The second-order valence-electron chi connectivity index (χ2n) is 2.64. The van der Waals surface area contributed by atoms with Gasteiger partial charge in [0.25, 0.3) is 0 Å². The predicted molar refractivity (Wildman–Crippen MR) is 58.2 cm³/mol. The Morgan fingerprint density at radius 1 is 1.53 bits per heavy atom. The maximum absolute atomic E-state index is 10.8. The van der Waals surface area contributed by atoms with Crippen LogP contribution in [0.5, 0.6) is 0 Å². The largest absolute Gasteiger partial charge is 0.478 e. The number of halogens is 1. The summed E-state index contributed by atoms with van der Waals surface area (Å²) in [6, 6.07) is 6.68. The van der Waals surface area contributed by atoms with Gasteiger partial charge in [-0.1, -0.05) is 11.8 Å². The van der Waals surface area contributed by atoms with Crippen LogP contribution in [0.1, 0.15) is 22.3 Å². The third-order valence-corrected chi connectivity index (χ3v) is 2.29. The number of carboxylic acids is 1. The van der Waals surface area contributed by atoms with Crippen LogP contribution >= 0.6 is 15.9 Å². The zero-order chi connectivity index (χ0) is 11.3. The number of rotatable bonds is 1. The lowest BCUT2D eigenvalue weighted by atomic mass is 10.1. The number of carbonyl (C=O) groups is 1. The summed E-state index contributed by atoms with van der Waals surface area (Å²) in [5.41, 5.74) is 0.754. The summed E-state index contributed by atoms with van der Waals surface area (Å²) in [6.07, 6.45) is 0.137. The van der Waals surface area contributed by atoms with Crippen LogP contribution in [-0.2, 0) is 0 Å². The van der Waals surface area contributed by atoms with Crippen molar-refractivity contribution < 1.29 is 9.90 Å². The monoisotopic (exact) mass is 263 g/mol. The first-order valence-electron chi connectivity index (χ1n) is 4.04. The molecule has 0 aliphatic carbocycles. The summed E-state index contributed by atoms with van der Waals surface area (Å²) < 4.78 is 0.515. The maximum Gasteiger partial charge on any atom is 0.336 e. The highest BCUT2D eigenvalue weighted by Crippen LogP contribution is 2.17. The van der Waals surface area contributed by atoms with Crippen molar-refractivity contribution in [2.45, 2.75) is 6.42 Å². The van der Waals surface area contributed by atoms with Gasteiger partial charge >= 0.3 is 5.97 Å². The Hall–Kier alpha value is -1.78. The van der Waals surface area contributed by atoms with Gasteiger partial charge in [0.15, 0.2) is 0 Å². The molecular formula is C11H6BrNO2. The molecule has 0 saturated heterocycles. The molecule has 4 heteroatoms. The summed E-state index contributed by atoms with van der Waals surface area (Å²) in [5.74, 6) is 4.32. The van der Waals surface area contributed by atoms with Crippen LogP contribution in [0.15, 0.2) is 22.7 Å². The third-order valence-electron chi connectivity index (χ3n) is 1.60. The van der Waals surface area contributed by atoms with Gasteiger partial charge in [-0.05, 0) is 34.1 Å². The molecule has 0 radical (unpaired) electrons. The molecule has 0 fully saturated rings. The quantitative estimate of drug-likeness (QED) is 0.792. The van der Waals surface area contributed by atoms with Gasteiger partial charge in [-0.3, -0.25) is 0 Å². The van der Waals surface area contributed by atoms with Crippen LogP contribution in [0.4, 0.5) is 0 Å². The van der Waals surface area contributed by atoms with Crippen molar-refractivity contribution in [2.24, 2.45) is 0 Å². The van der Waals surface area contributed by atoms with Crippen LogP contribution in [-0.4, -0.2) is 11.1 Å². The van der Waals surface area contributed by atoms with Crippen molar-refractivity contribution in [3.8, 4) is 17.9 Å². The Morgan fingerprint density at radius 3 is 2.87 bits per heavy atom. The van der Waals surface area contributed by atoms with E-state index in [-0.39, 0.29) is 12.0 Å². The Morgan fingerprint density at radius 2 is 2.27 bits per heavy atom. The zero-order valence-corrected chi connectivity index (χ0v) is 9.21. The molecule has 0 aromatic heterocycles. The van der Waals surface area contributed by atoms with Crippen LogP contribution in [0, 0.1) is 23.2 Å². The van der Waals surface area contributed by atoms with E-state index in [0.717, 1.165) is 0 Å². The summed E-state index contributed by atoms with van der Waals surface area (Å²) in [5, 5.41) is 17.1. The first kappa shape index (κ1) is 11.3. The van der Waals surface area contributed by atoms with Crippen molar-refractivity contribution in [1.82, 2.24) is 0 Å². The molecule has 3 nitrogen and oxygen atoms in total. The van der Waals surface area contributed by atoms with Crippen molar-refractivity contribution >= 4 is 21.9 Å². The lowest BCUT2D eigenvalue weighted by molar-refractivity contribution is 0.0696. The van der Waals surface area contributed by atoms with E-state index in [2.05, 4.69) is 27.8 Å². The van der Waals surface area contributed by atoms with E-state index >= 15 is 0 Å². The first-order chi connectivity index (χ1) is 7.15. The first-order valence-corrected chi connectivity index (χ1v) is 4.83. The van der Waals surface area contributed by atoms with Gasteiger partial charge < -0.3 is 5.11 Å². The number of hydrogen-bond donors (Lipinski definition) is 1. The van der Waals surface area contributed by atoms with E-state index in [1.165, 1.54) is 6.07 Å². The minimum Gasteiger partial charge on any atom is -0.478 e. The number of hydrogen-bond acceptors (Lipinski definition) is 2. The lowest BCUT2D eigenvalue weighted by Crippen LogP contribution is -1.97. The lowest BCUT2D eigenvalue weighted by Gasteiger charge is -1.98. The van der Waals surface area contributed by atoms with Crippen molar-refractivity contribution in [3.63, 3.8) is 0 Å². The molecule has 0 bridgehead atoms. The molecule has 1 N–H and O–H groups in total. The van der Waals surface area contributed by atoms with E-state index in [1.807, 2.05) is 6.07 Å². The molecule has 0 unspecified atom stereocenters. The SMILES string of the molecule is N#CCC#Cc1ccc(Br)c(C(=O)O)c1. The normalized spacial score (nSPS) is 8.53. The van der Waals surface area contributed by atoms with E-state index in [4.69, 9.17) is 10.4 Å². The molecule has 0 aliphatic heterocycles. The maximum atomic E-state index is 10.8. The minimum atomic E-state index is -1.01. The molecule has 15 heavy (non-hydrogen) atoms. The second-order valence-corrected chi connectivity index (χ2v) is 3.49. The number of aromatic carboxylic acids is 1. The number of nitrogens with zero attached hydrogens (tertiary/aromatic N) is 1. The molecule has 0 atom stereocenters. The fourth-order valence-electron chi connectivity index (χ4n) is 0.953. The highest BCUT2D eigenvalue weighted by Gasteiger charge is 2.07. The molecule has 74 valence electrons. The van der Waals surface area contributed by atoms with E-state index in [9.17, 15) is 4.79 Å². The van der Waals surface area contributed by atoms with Gasteiger partial charge in [0, 0.05) is 10.0 Å². The molecule has 0 saturated carbocycles. The van der Waals surface area contributed by atoms with E-state index < -0.39 is 5.97 Å². The average Bonchev–Trinajstić information content (AvgIpc) is 2.20. The van der Waals surface area contributed by atoms with E-state index in [1.54, 1.807) is 12.1 Å². The van der Waals surface area contributed by atoms with Crippen LogP contribution in [0.3, 0.4) is 0 Å². The second kappa shape index (κ2) is 5.19. The van der Waals surface area contributed by atoms with Crippen LogP contribution < -0.4 is 0 Å². The highest BCUT2D eigenvalue weighted by molar-refractivity contribution is 9.10. The Kier molecular flexibility index (Phi) is 3.91. The Balaban J connectivity index is 3.05. The number of nitriles is 1. The molecule has 0 aliphatic rings. The average molecular weight is 264 g/mol. The molecular weight excluding hydrogens is 258 g/mol. The van der Waals surface area contributed by atoms with Crippen LogP contribution in [0.25, 0.3) is 0 Å². The van der Waals surface area contributed by atoms with Gasteiger partial charge in [-0.15, -0.1) is 0 Å². The summed E-state index contributed by atoms with van der Waals surface area (Å²) >= 11 is 3.13. The molecule has 0 spiro atoms. The Bertz CT molecular complexity index is 492. The third kappa shape index (κ3) is 3.12. The smallest absolute Gasteiger partial charge is 0.336 e. The molecule has 1 aromatic carbocycles. The van der Waals surface area contributed by atoms with Crippen molar-refractivity contribution in [2.75, 3.05) is 0 Å². The van der Waals surface area contributed by atoms with Gasteiger partial charge in [-0.2, -0.15) is 5.26 Å². The Labute approximate surface area is 95.5 Å². The standard InChI is InChI=1S/C11H6BrNO2/c12-10-5-4-8(3-1-2-6-13)7-9(10)11(14)15/h4-5,7H,2H2,(H,14,15). The van der Waals surface area contributed by atoms with Gasteiger partial charge in [0.1, 0.15) is 0 Å². The number of carboxylic acid groups (broad SMARTS) is 1. The van der Waals surface area contributed by atoms with E-state index in [0.29, 0.717) is 10.0 Å². The van der Waals surface area contributed by atoms with Crippen molar-refractivity contribution in [1.29, 1.82) is 5.26 Å². The van der Waals surface area contributed by atoms with Crippen LogP contribution in [0.2, 0.25) is 0 Å². The molecule has 0 heterocycles. The van der Waals surface area contributed by atoms with Gasteiger partial charge in [0.2, 0.25) is 0 Å². The summed E-state index contributed by atoms with van der Waals surface area (Å²) in [4.78, 5) is 10.8. The van der Waals surface area contributed by atoms with Gasteiger partial charge in [0.05, 0.1) is 18.1 Å². The zero-order valence-electron chi connectivity index (χ0n) is 7.62. The fourth-order valence-corrected chi connectivity index (χ4v) is 1.37. The fraction of sp³-hybridized carbons (Fsp3) is 0.0909. The highest BCUT2D eigenvalue weighted by atomic mass is 79.9. The minimum absolute atomic E-state index is 0.137. The topological polar surface area (TPSA) is 61.1 Å². The summed E-state index contributed by atoms with van der Waals surface area (Å²) in [7, 11) is 0. The molecule has 1 rings (SSSR count). The number of benzene rings is 1. The predicted octanol–water partition coefficient (Wildman–Crippen LogP) is 2.41. The molecule has 0 amide bonds. The molecule has 1 aromatic rings. The van der Waals surface area contributed by atoms with Gasteiger partial charge in [-0.25, -0.2) is 4.79 Å². The van der Waals surface area contributed by atoms with Crippen molar-refractivity contribution in [3.05, 3.63) is 33.8 Å².